The zero-order chi connectivity index (χ0) is 10.6. The molecule has 1 atom stereocenters. The molecule has 0 aromatic heterocycles. The van der Waals surface area contributed by atoms with E-state index in [0.29, 0.717) is 16.1 Å². The zero-order valence-electron chi connectivity index (χ0n) is 8.22. The van der Waals surface area contributed by atoms with Gasteiger partial charge < -0.3 is 5.32 Å². The molecule has 76 valence electrons. The van der Waals surface area contributed by atoms with Crippen LogP contribution in [0.5, 0.6) is 0 Å². The van der Waals surface area contributed by atoms with Crippen LogP contribution in [0.2, 0.25) is 10.0 Å². The molecular formula is C11H13Cl2N. The first-order valence-corrected chi connectivity index (χ1v) is 5.20. The van der Waals surface area contributed by atoms with E-state index in [1.54, 1.807) is 0 Å². The lowest BCUT2D eigenvalue weighted by molar-refractivity contribution is 0.731. The first-order valence-electron chi connectivity index (χ1n) is 4.44. The Morgan fingerprint density at radius 3 is 2.36 bits per heavy atom. The predicted octanol–water partition coefficient (Wildman–Crippen LogP) is 3.61. The van der Waals surface area contributed by atoms with E-state index in [0.717, 1.165) is 5.56 Å². The molecule has 0 aliphatic carbocycles. The molecule has 1 unspecified atom stereocenters. The molecule has 0 aliphatic rings. The third-order valence-corrected chi connectivity index (χ3v) is 2.67. The summed E-state index contributed by atoms with van der Waals surface area (Å²) in [6, 6.07) is 5.81. The van der Waals surface area contributed by atoms with E-state index < -0.39 is 0 Å². The third kappa shape index (κ3) is 3.02. The molecule has 0 aliphatic heterocycles. The largest absolute Gasteiger partial charge is 0.314 e. The van der Waals surface area contributed by atoms with E-state index in [2.05, 4.69) is 12.2 Å². The second-order valence-electron chi connectivity index (χ2n) is 3.07. The number of likely N-dealkylation sites (N-methyl/N-ethyl adjacent to an activating group) is 1. The van der Waals surface area contributed by atoms with Gasteiger partial charge in [-0.15, -0.1) is 0 Å². The molecule has 1 aromatic carbocycles. The van der Waals surface area contributed by atoms with E-state index in [4.69, 9.17) is 23.2 Å². The van der Waals surface area contributed by atoms with Crippen LogP contribution >= 0.6 is 23.2 Å². The van der Waals surface area contributed by atoms with Gasteiger partial charge in [-0.25, -0.2) is 0 Å². The number of nitrogens with one attached hydrogen (secondary N) is 1. The molecule has 1 nitrogen and oxygen atoms in total. The molecule has 0 bridgehead atoms. The van der Waals surface area contributed by atoms with E-state index >= 15 is 0 Å². The summed E-state index contributed by atoms with van der Waals surface area (Å²) in [5.74, 6) is 0. The van der Waals surface area contributed by atoms with Crippen molar-refractivity contribution in [1.82, 2.24) is 5.32 Å². The van der Waals surface area contributed by atoms with Crippen molar-refractivity contribution in [1.29, 1.82) is 0 Å². The van der Waals surface area contributed by atoms with Gasteiger partial charge in [-0.05, 0) is 26.1 Å². The van der Waals surface area contributed by atoms with Crippen molar-refractivity contribution in [3.8, 4) is 0 Å². The molecule has 0 spiro atoms. The van der Waals surface area contributed by atoms with Gasteiger partial charge in [-0.3, -0.25) is 0 Å². The van der Waals surface area contributed by atoms with Gasteiger partial charge >= 0.3 is 0 Å². The van der Waals surface area contributed by atoms with Gasteiger partial charge in [0.1, 0.15) is 0 Å². The molecule has 0 amide bonds. The van der Waals surface area contributed by atoms with E-state index in [1.165, 1.54) is 0 Å². The van der Waals surface area contributed by atoms with E-state index in [9.17, 15) is 0 Å². The van der Waals surface area contributed by atoms with Crippen LogP contribution in [0.4, 0.5) is 0 Å². The summed E-state index contributed by atoms with van der Waals surface area (Å²) in [5, 5.41) is 4.46. The molecule has 3 heteroatoms. The molecular weight excluding hydrogens is 217 g/mol. The lowest BCUT2D eigenvalue weighted by Gasteiger charge is -2.04. The zero-order valence-corrected chi connectivity index (χ0v) is 9.73. The Labute approximate surface area is 94.7 Å². The van der Waals surface area contributed by atoms with Crippen LogP contribution in [0.15, 0.2) is 24.3 Å². The molecule has 0 heterocycles. The van der Waals surface area contributed by atoms with E-state index in [1.807, 2.05) is 37.4 Å². The van der Waals surface area contributed by atoms with Crippen LogP contribution < -0.4 is 5.32 Å². The van der Waals surface area contributed by atoms with Crippen molar-refractivity contribution in [2.24, 2.45) is 0 Å². The first-order chi connectivity index (χ1) is 6.65. The van der Waals surface area contributed by atoms with Crippen molar-refractivity contribution in [3.05, 3.63) is 39.9 Å². The topological polar surface area (TPSA) is 12.0 Å². The van der Waals surface area contributed by atoms with Crippen molar-refractivity contribution >= 4 is 29.3 Å². The summed E-state index contributed by atoms with van der Waals surface area (Å²) in [4.78, 5) is 0. The summed E-state index contributed by atoms with van der Waals surface area (Å²) in [7, 11) is 1.91. The van der Waals surface area contributed by atoms with Crippen LogP contribution in [-0.2, 0) is 0 Å². The summed E-state index contributed by atoms with van der Waals surface area (Å²) in [6.45, 7) is 2.06. The van der Waals surface area contributed by atoms with Gasteiger partial charge in [0.2, 0.25) is 0 Å². The lowest BCUT2D eigenvalue weighted by atomic mass is 10.2. The molecule has 1 rings (SSSR count). The quantitative estimate of drug-likeness (QED) is 0.836. The Bertz CT molecular complexity index is 314. The maximum atomic E-state index is 6.00. The standard InChI is InChI=1S/C11H13Cl2N/c1-8(14-2)6-7-9-10(12)4-3-5-11(9)13/h3-8,14H,1-2H3/b7-6+. The monoisotopic (exact) mass is 229 g/mol. The summed E-state index contributed by atoms with van der Waals surface area (Å²) < 4.78 is 0. The van der Waals surface area contributed by atoms with Gasteiger partial charge in [0.25, 0.3) is 0 Å². The number of rotatable bonds is 3. The SMILES string of the molecule is CNC(C)/C=C/c1c(Cl)cccc1Cl. The van der Waals surface area contributed by atoms with Crippen LogP contribution in [0.1, 0.15) is 12.5 Å². The molecule has 0 radical (unpaired) electrons. The minimum atomic E-state index is 0.308. The second kappa shape index (κ2) is 5.40. The second-order valence-corrected chi connectivity index (χ2v) is 3.89. The van der Waals surface area contributed by atoms with Gasteiger partial charge in [0, 0.05) is 21.7 Å². The lowest BCUT2D eigenvalue weighted by Crippen LogP contribution is -2.17. The number of hydrogen-bond donors (Lipinski definition) is 1. The Kier molecular flexibility index (Phi) is 4.46. The smallest absolute Gasteiger partial charge is 0.0493 e. The highest BCUT2D eigenvalue weighted by atomic mass is 35.5. The molecule has 0 saturated heterocycles. The minimum absolute atomic E-state index is 0.308. The molecule has 0 saturated carbocycles. The summed E-state index contributed by atoms with van der Waals surface area (Å²) >= 11 is 12.0. The molecule has 14 heavy (non-hydrogen) atoms. The van der Waals surface area contributed by atoms with Crippen LogP contribution in [0, 0.1) is 0 Å². The van der Waals surface area contributed by atoms with Crippen LogP contribution in [-0.4, -0.2) is 13.1 Å². The highest BCUT2D eigenvalue weighted by Gasteiger charge is 2.01. The maximum Gasteiger partial charge on any atom is 0.0493 e. The Balaban J connectivity index is 2.91. The molecule has 1 aromatic rings. The number of hydrogen-bond acceptors (Lipinski definition) is 1. The van der Waals surface area contributed by atoms with Crippen molar-refractivity contribution in [2.75, 3.05) is 7.05 Å². The fraction of sp³-hybridized carbons (Fsp3) is 0.273. The van der Waals surface area contributed by atoms with Crippen molar-refractivity contribution in [2.45, 2.75) is 13.0 Å². The first kappa shape index (κ1) is 11.6. The highest BCUT2D eigenvalue weighted by Crippen LogP contribution is 2.25. The highest BCUT2D eigenvalue weighted by molar-refractivity contribution is 6.37. The Morgan fingerprint density at radius 2 is 1.86 bits per heavy atom. The van der Waals surface area contributed by atoms with Gasteiger partial charge in [-0.1, -0.05) is 41.4 Å². The van der Waals surface area contributed by atoms with Crippen LogP contribution in [0.3, 0.4) is 0 Å². The Hall–Kier alpha value is -0.500. The maximum absolute atomic E-state index is 6.00. The fourth-order valence-corrected chi connectivity index (χ4v) is 1.53. The average molecular weight is 230 g/mol. The minimum Gasteiger partial charge on any atom is -0.314 e. The van der Waals surface area contributed by atoms with Crippen molar-refractivity contribution < 1.29 is 0 Å². The average Bonchev–Trinajstić information content (AvgIpc) is 2.16. The number of halogens is 2. The molecule has 0 fully saturated rings. The van der Waals surface area contributed by atoms with Gasteiger partial charge in [0.05, 0.1) is 0 Å². The summed E-state index contributed by atoms with van der Waals surface area (Å²) in [6.07, 6.45) is 3.96. The van der Waals surface area contributed by atoms with Gasteiger partial charge in [-0.2, -0.15) is 0 Å². The van der Waals surface area contributed by atoms with Gasteiger partial charge in [0.15, 0.2) is 0 Å². The summed E-state index contributed by atoms with van der Waals surface area (Å²) in [5.41, 5.74) is 0.873. The normalized spacial score (nSPS) is 13.4. The Morgan fingerprint density at radius 1 is 1.29 bits per heavy atom. The van der Waals surface area contributed by atoms with Crippen molar-refractivity contribution in [3.63, 3.8) is 0 Å². The molecule has 1 N–H and O–H groups in total. The fourth-order valence-electron chi connectivity index (χ4n) is 1.01. The predicted molar refractivity (Wildman–Crippen MR) is 64.0 cm³/mol. The third-order valence-electron chi connectivity index (χ3n) is 2.01. The van der Waals surface area contributed by atoms with Crippen LogP contribution in [0.25, 0.3) is 6.08 Å². The number of benzene rings is 1. The van der Waals surface area contributed by atoms with E-state index in [-0.39, 0.29) is 0 Å².